The van der Waals surface area contributed by atoms with E-state index in [4.69, 9.17) is 17.3 Å². The van der Waals surface area contributed by atoms with Gasteiger partial charge >= 0.3 is 0 Å². The highest BCUT2D eigenvalue weighted by Crippen LogP contribution is 2.51. The first kappa shape index (κ1) is 11.1. The second kappa shape index (κ2) is 3.50. The van der Waals surface area contributed by atoms with Gasteiger partial charge in [0.15, 0.2) is 0 Å². The topological polar surface area (TPSA) is 41.8 Å². The predicted molar refractivity (Wildman–Crippen MR) is 72.7 cm³/mol. The van der Waals surface area contributed by atoms with E-state index in [1.807, 2.05) is 6.07 Å². The highest BCUT2D eigenvalue weighted by atomic mass is 35.5. The van der Waals surface area contributed by atoms with Gasteiger partial charge in [-0.25, -0.2) is 0 Å². The molecule has 3 rings (SSSR count). The van der Waals surface area contributed by atoms with Crippen LogP contribution >= 0.6 is 11.6 Å². The maximum atomic E-state index is 6.17. The number of hydrogen-bond donors (Lipinski definition) is 2. The second-order valence-electron chi connectivity index (χ2n) is 5.20. The van der Waals surface area contributed by atoms with Crippen LogP contribution in [-0.4, -0.2) is 11.5 Å². The van der Waals surface area contributed by atoms with E-state index in [9.17, 15) is 0 Å². The first-order valence-electron chi connectivity index (χ1n) is 6.07. The molecule has 0 bridgehead atoms. The number of fused-ring (bicyclic) bond motifs is 1. The number of benzene rings is 1. The number of nitrogens with two attached hydrogens (primary N) is 1. The molecule has 0 spiro atoms. The number of aryl methyl sites for hydroxylation is 2. The third-order valence-corrected chi connectivity index (χ3v) is 4.54. The summed E-state index contributed by atoms with van der Waals surface area (Å²) in [6.07, 6.45) is 2.41. The fraction of sp³-hybridized carbons (Fsp3) is 0.429. The van der Waals surface area contributed by atoms with Crippen LogP contribution in [0.1, 0.15) is 29.7 Å². The van der Waals surface area contributed by atoms with E-state index in [2.05, 4.69) is 24.9 Å². The summed E-state index contributed by atoms with van der Waals surface area (Å²) in [5, 5.41) is 2.12. The van der Waals surface area contributed by atoms with Crippen molar-refractivity contribution in [3.63, 3.8) is 0 Å². The van der Waals surface area contributed by atoms with Crippen LogP contribution in [0.15, 0.2) is 12.1 Å². The molecule has 1 heterocycles. The van der Waals surface area contributed by atoms with Gasteiger partial charge < -0.3 is 10.7 Å². The van der Waals surface area contributed by atoms with Crippen LogP contribution in [0, 0.1) is 13.8 Å². The minimum Gasteiger partial charge on any atom is -0.358 e. The predicted octanol–water partition coefficient (Wildman–Crippen LogP) is 3.43. The average Bonchev–Trinajstić information content (AvgIpc) is 3.02. The Labute approximate surface area is 106 Å². The van der Waals surface area contributed by atoms with Crippen molar-refractivity contribution in [2.45, 2.75) is 32.1 Å². The monoisotopic (exact) mass is 248 g/mol. The highest BCUT2D eigenvalue weighted by Gasteiger charge is 2.45. The number of halogens is 1. The molecule has 3 heteroatoms. The lowest BCUT2D eigenvalue weighted by Crippen LogP contribution is -2.20. The Kier molecular flexibility index (Phi) is 2.29. The number of hydrogen-bond acceptors (Lipinski definition) is 1. The molecule has 2 nitrogen and oxygen atoms in total. The van der Waals surface area contributed by atoms with Gasteiger partial charge in [0.25, 0.3) is 0 Å². The third kappa shape index (κ3) is 1.44. The number of aromatic nitrogens is 1. The van der Waals surface area contributed by atoms with Crippen molar-refractivity contribution in [1.82, 2.24) is 4.98 Å². The van der Waals surface area contributed by atoms with Gasteiger partial charge in [-0.2, -0.15) is 0 Å². The Morgan fingerprint density at radius 3 is 2.65 bits per heavy atom. The molecule has 0 radical (unpaired) electrons. The van der Waals surface area contributed by atoms with Gasteiger partial charge in [-0.3, -0.25) is 0 Å². The van der Waals surface area contributed by atoms with Crippen LogP contribution in [0.5, 0.6) is 0 Å². The smallest absolute Gasteiger partial charge is 0.0503 e. The maximum Gasteiger partial charge on any atom is 0.0503 e. The van der Waals surface area contributed by atoms with E-state index in [0.717, 1.165) is 17.1 Å². The van der Waals surface area contributed by atoms with Crippen LogP contribution in [0.4, 0.5) is 0 Å². The molecule has 0 unspecified atom stereocenters. The fourth-order valence-corrected chi connectivity index (χ4v) is 3.06. The van der Waals surface area contributed by atoms with E-state index in [0.29, 0.717) is 0 Å². The van der Waals surface area contributed by atoms with Gasteiger partial charge in [0, 0.05) is 28.1 Å². The third-order valence-electron chi connectivity index (χ3n) is 4.13. The van der Waals surface area contributed by atoms with Crippen LogP contribution in [0.2, 0.25) is 5.02 Å². The fourth-order valence-electron chi connectivity index (χ4n) is 2.90. The Bertz CT molecular complexity index is 594. The molecule has 1 aliphatic carbocycles. The summed E-state index contributed by atoms with van der Waals surface area (Å²) in [6, 6.07) is 4.11. The van der Waals surface area contributed by atoms with Gasteiger partial charge in [0.1, 0.15) is 0 Å². The van der Waals surface area contributed by atoms with Gasteiger partial charge in [0.05, 0.1) is 5.52 Å². The van der Waals surface area contributed by atoms with Crippen LogP contribution in [-0.2, 0) is 5.41 Å². The summed E-state index contributed by atoms with van der Waals surface area (Å²) in [4.78, 5) is 3.48. The maximum absolute atomic E-state index is 6.17. The molecule has 3 N–H and O–H groups in total. The molecule has 1 aromatic heterocycles. The molecule has 2 aromatic rings. The lowest BCUT2D eigenvalue weighted by molar-refractivity contribution is 0.705. The molecule has 90 valence electrons. The van der Waals surface area contributed by atoms with E-state index < -0.39 is 0 Å². The number of nitrogens with one attached hydrogen (secondary N) is 1. The van der Waals surface area contributed by atoms with Gasteiger partial charge in [-0.1, -0.05) is 17.7 Å². The van der Waals surface area contributed by atoms with Gasteiger partial charge in [-0.05, 0) is 43.9 Å². The number of H-pyrrole nitrogens is 1. The second-order valence-corrected chi connectivity index (χ2v) is 5.61. The number of aromatic amines is 1. The lowest BCUT2D eigenvalue weighted by Gasteiger charge is -2.13. The zero-order chi connectivity index (χ0) is 12.2. The number of rotatable bonds is 2. The summed E-state index contributed by atoms with van der Waals surface area (Å²) in [5.41, 5.74) is 11.1. The molecular formula is C14H17ClN2. The molecular weight excluding hydrogens is 232 g/mol. The molecule has 0 atom stereocenters. The van der Waals surface area contributed by atoms with Crippen LogP contribution < -0.4 is 5.73 Å². The first-order valence-corrected chi connectivity index (χ1v) is 6.45. The van der Waals surface area contributed by atoms with Crippen molar-refractivity contribution < 1.29 is 0 Å². The molecule has 1 fully saturated rings. The van der Waals surface area contributed by atoms with Crippen molar-refractivity contribution in [1.29, 1.82) is 0 Å². The van der Waals surface area contributed by atoms with Crippen LogP contribution in [0.25, 0.3) is 10.9 Å². The van der Waals surface area contributed by atoms with E-state index in [-0.39, 0.29) is 5.41 Å². The van der Waals surface area contributed by atoms with Crippen LogP contribution in [0.3, 0.4) is 0 Å². The zero-order valence-electron chi connectivity index (χ0n) is 10.2. The lowest BCUT2D eigenvalue weighted by atomic mass is 9.93. The zero-order valence-corrected chi connectivity index (χ0v) is 11.0. The quantitative estimate of drug-likeness (QED) is 0.840. The summed E-state index contributed by atoms with van der Waals surface area (Å²) in [5.74, 6) is 0. The molecule has 17 heavy (non-hydrogen) atoms. The Morgan fingerprint density at radius 1 is 1.35 bits per heavy atom. The van der Waals surface area contributed by atoms with Crippen molar-refractivity contribution in [2.75, 3.05) is 6.54 Å². The molecule has 0 saturated heterocycles. The van der Waals surface area contributed by atoms with Crippen molar-refractivity contribution in [3.05, 3.63) is 34.0 Å². The van der Waals surface area contributed by atoms with E-state index in [1.54, 1.807) is 0 Å². The highest BCUT2D eigenvalue weighted by molar-refractivity contribution is 6.32. The average molecular weight is 249 g/mol. The van der Waals surface area contributed by atoms with Crippen molar-refractivity contribution in [2.24, 2.45) is 5.73 Å². The summed E-state index contributed by atoms with van der Waals surface area (Å²) in [7, 11) is 0. The van der Waals surface area contributed by atoms with Gasteiger partial charge in [0.2, 0.25) is 0 Å². The van der Waals surface area contributed by atoms with Crippen molar-refractivity contribution in [3.8, 4) is 0 Å². The molecule has 0 aliphatic heterocycles. The molecule has 1 saturated carbocycles. The van der Waals surface area contributed by atoms with E-state index >= 15 is 0 Å². The van der Waals surface area contributed by atoms with Gasteiger partial charge in [-0.15, -0.1) is 0 Å². The van der Waals surface area contributed by atoms with Crippen molar-refractivity contribution >= 4 is 22.5 Å². The first-order chi connectivity index (χ1) is 8.09. The Morgan fingerprint density at radius 2 is 2.06 bits per heavy atom. The minimum absolute atomic E-state index is 0.225. The SMILES string of the molecule is Cc1[nH]c2c(C)c(Cl)ccc2c1C1(CN)CC1. The minimum atomic E-state index is 0.225. The summed E-state index contributed by atoms with van der Waals surface area (Å²) >= 11 is 6.17. The Balaban J connectivity index is 2.33. The van der Waals surface area contributed by atoms with E-state index in [1.165, 1.54) is 35.0 Å². The molecule has 1 aliphatic rings. The standard InChI is InChI=1S/C14H17ClN2/c1-8-11(15)4-3-10-12(9(2)17-13(8)10)14(7-16)5-6-14/h3-4,17H,5-7,16H2,1-2H3. The summed E-state index contributed by atoms with van der Waals surface area (Å²) < 4.78 is 0. The summed E-state index contributed by atoms with van der Waals surface area (Å²) in [6.45, 7) is 4.94. The Hall–Kier alpha value is -0.990. The largest absolute Gasteiger partial charge is 0.358 e. The molecule has 0 amide bonds. The normalized spacial score (nSPS) is 17.6. The molecule has 1 aromatic carbocycles.